The Labute approximate surface area is 174 Å². The van der Waals surface area contributed by atoms with Crippen molar-refractivity contribution in [3.63, 3.8) is 0 Å². The maximum Gasteiger partial charge on any atom is 0.277 e. The number of methoxy groups -OCH3 is 3. The van der Waals surface area contributed by atoms with E-state index in [9.17, 15) is 4.79 Å². The van der Waals surface area contributed by atoms with Gasteiger partial charge in [0.1, 0.15) is 0 Å². The number of aromatic nitrogens is 2. The number of rotatable bonds is 7. The van der Waals surface area contributed by atoms with Crippen molar-refractivity contribution in [3.8, 4) is 28.7 Å². The molecule has 8 nitrogen and oxygen atoms in total. The van der Waals surface area contributed by atoms with Gasteiger partial charge in [0.15, 0.2) is 11.5 Å². The van der Waals surface area contributed by atoms with Gasteiger partial charge in [-0.1, -0.05) is 25.6 Å². The first-order chi connectivity index (χ1) is 13.9. The normalized spacial score (nSPS) is 19.1. The predicted molar refractivity (Wildman–Crippen MR) is 110 cm³/mol. The highest BCUT2D eigenvalue weighted by Gasteiger charge is 2.26. The van der Waals surface area contributed by atoms with Crippen molar-refractivity contribution in [1.82, 2.24) is 15.1 Å². The third-order valence-corrected chi connectivity index (χ3v) is 5.66. The Balaban J connectivity index is 1.69. The van der Waals surface area contributed by atoms with Crippen LogP contribution < -0.4 is 14.2 Å². The van der Waals surface area contributed by atoms with Gasteiger partial charge in [0, 0.05) is 18.7 Å². The van der Waals surface area contributed by atoms with Crippen molar-refractivity contribution in [1.29, 1.82) is 0 Å². The molecule has 0 spiro atoms. The van der Waals surface area contributed by atoms with Crippen LogP contribution in [0.1, 0.15) is 20.3 Å². The zero-order valence-electron chi connectivity index (χ0n) is 17.4. The van der Waals surface area contributed by atoms with Crippen molar-refractivity contribution in [3.05, 3.63) is 12.1 Å². The van der Waals surface area contributed by atoms with Gasteiger partial charge in [-0.2, -0.15) is 0 Å². The number of carbonyl (C=O) groups excluding carboxylic acids is 1. The zero-order valence-corrected chi connectivity index (χ0v) is 18.2. The van der Waals surface area contributed by atoms with Crippen molar-refractivity contribution in [2.24, 2.45) is 11.8 Å². The van der Waals surface area contributed by atoms with Gasteiger partial charge in [0.2, 0.25) is 17.5 Å². The first-order valence-electron chi connectivity index (χ1n) is 9.49. The van der Waals surface area contributed by atoms with Crippen molar-refractivity contribution in [2.75, 3.05) is 40.2 Å². The average Bonchev–Trinajstić information content (AvgIpc) is 3.19. The highest BCUT2D eigenvalue weighted by atomic mass is 32.2. The molecule has 1 aliphatic heterocycles. The lowest BCUT2D eigenvalue weighted by molar-refractivity contribution is -0.130. The lowest BCUT2D eigenvalue weighted by Crippen LogP contribution is -2.43. The molecule has 1 aromatic carbocycles. The molecule has 29 heavy (non-hydrogen) atoms. The lowest BCUT2D eigenvalue weighted by Gasteiger charge is -2.34. The number of nitrogens with zero attached hydrogens (tertiary/aromatic N) is 3. The second-order valence-electron chi connectivity index (χ2n) is 7.32. The van der Waals surface area contributed by atoms with Gasteiger partial charge in [-0.3, -0.25) is 4.79 Å². The van der Waals surface area contributed by atoms with E-state index >= 15 is 0 Å². The van der Waals surface area contributed by atoms with E-state index in [0.29, 0.717) is 45.8 Å². The SMILES string of the molecule is COc1cc(-c2nnc(SCC(=O)N3C[C@@H](C)C[C@H](C)C3)o2)cc(OC)c1OC. The van der Waals surface area contributed by atoms with Crippen LogP contribution in [0.5, 0.6) is 17.2 Å². The lowest BCUT2D eigenvalue weighted by atomic mass is 9.92. The first kappa shape index (κ1) is 21.3. The van der Waals surface area contributed by atoms with Crippen LogP contribution in [0.3, 0.4) is 0 Å². The van der Waals surface area contributed by atoms with E-state index in [1.165, 1.54) is 18.2 Å². The Kier molecular flexibility index (Phi) is 6.89. The molecule has 2 atom stereocenters. The third-order valence-electron chi connectivity index (χ3n) is 4.86. The van der Waals surface area contributed by atoms with E-state index in [-0.39, 0.29) is 11.7 Å². The fourth-order valence-corrected chi connectivity index (χ4v) is 4.34. The number of ether oxygens (including phenoxy) is 3. The molecule has 2 aromatic rings. The summed E-state index contributed by atoms with van der Waals surface area (Å²) >= 11 is 1.25. The summed E-state index contributed by atoms with van der Waals surface area (Å²) in [6.07, 6.45) is 1.17. The smallest absolute Gasteiger partial charge is 0.277 e. The first-order valence-corrected chi connectivity index (χ1v) is 10.5. The van der Waals surface area contributed by atoms with E-state index in [0.717, 1.165) is 13.1 Å². The number of piperidine rings is 1. The van der Waals surface area contributed by atoms with Crippen molar-refractivity contribution < 1.29 is 23.4 Å². The Morgan fingerprint density at radius 3 is 2.28 bits per heavy atom. The van der Waals surface area contributed by atoms with E-state index < -0.39 is 0 Å². The second-order valence-corrected chi connectivity index (χ2v) is 8.25. The van der Waals surface area contributed by atoms with E-state index in [1.54, 1.807) is 33.5 Å². The number of thioether (sulfide) groups is 1. The molecule has 0 saturated carbocycles. The minimum atomic E-state index is 0.0981. The number of hydrogen-bond acceptors (Lipinski definition) is 8. The molecule has 1 saturated heterocycles. The number of carbonyl (C=O) groups is 1. The Morgan fingerprint density at radius 1 is 1.10 bits per heavy atom. The van der Waals surface area contributed by atoms with Crippen LogP contribution in [-0.4, -0.2) is 61.2 Å². The minimum absolute atomic E-state index is 0.0981. The molecule has 1 amide bonds. The van der Waals surface area contributed by atoms with Crippen LogP contribution in [-0.2, 0) is 4.79 Å². The molecule has 1 aromatic heterocycles. The third kappa shape index (κ3) is 4.95. The number of hydrogen-bond donors (Lipinski definition) is 0. The van der Waals surface area contributed by atoms with Crippen LogP contribution in [0, 0.1) is 11.8 Å². The Hall–Kier alpha value is -2.42. The fraction of sp³-hybridized carbons (Fsp3) is 0.550. The number of likely N-dealkylation sites (tertiary alicyclic amines) is 1. The summed E-state index contributed by atoms with van der Waals surface area (Å²) in [5.41, 5.74) is 0.642. The molecular weight excluding hydrogens is 394 g/mol. The summed E-state index contributed by atoms with van der Waals surface area (Å²) in [6, 6.07) is 3.48. The molecule has 0 N–H and O–H groups in total. The second kappa shape index (κ2) is 9.39. The molecule has 1 aliphatic rings. The summed E-state index contributed by atoms with van der Waals surface area (Å²) in [7, 11) is 4.64. The van der Waals surface area contributed by atoms with Crippen LogP contribution in [0.15, 0.2) is 21.8 Å². The molecule has 3 rings (SSSR count). The Morgan fingerprint density at radius 2 is 1.72 bits per heavy atom. The quantitative estimate of drug-likeness (QED) is 0.629. The average molecular weight is 422 g/mol. The van der Waals surface area contributed by atoms with Gasteiger partial charge < -0.3 is 23.5 Å². The van der Waals surface area contributed by atoms with Gasteiger partial charge in [0.05, 0.1) is 27.1 Å². The van der Waals surface area contributed by atoms with Gasteiger partial charge in [-0.25, -0.2) is 0 Å². The van der Waals surface area contributed by atoms with Gasteiger partial charge in [-0.15, -0.1) is 10.2 Å². The summed E-state index contributed by atoms with van der Waals surface area (Å²) in [4.78, 5) is 14.5. The molecule has 0 unspecified atom stereocenters. The number of benzene rings is 1. The highest BCUT2D eigenvalue weighted by molar-refractivity contribution is 7.99. The molecule has 0 aliphatic carbocycles. The number of amides is 1. The predicted octanol–water partition coefficient (Wildman–Crippen LogP) is 3.36. The van der Waals surface area contributed by atoms with Crippen molar-refractivity contribution in [2.45, 2.75) is 25.5 Å². The van der Waals surface area contributed by atoms with Gasteiger partial charge in [0.25, 0.3) is 5.22 Å². The maximum absolute atomic E-state index is 12.5. The molecule has 0 radical (unpaired) electrons. The monoisotopic (exact) mass is 421 g/mol. The zero-order chi connectivity index (χ0) is 21.0. The summed E-state index contributed by atoms with van der Waals surface area (Å²) < 4.78 is 21.8. The largest absolute Gasteiger partial charge is 0.493 e. The fourth-order valence-electron chi connectivity index (χ4n) is 3.67. The van der Waals surface area contributed by atoms with Crippen LogP contribution in [0.2, 0.25) is 0 Å². The van der Waals surface area contributed by atoms with E-state index in [2.05, 4.69) is 24.0 Å². The topological polar surface area (TPSA) is 86.9 Å². The van der Waals surface area contributed by atoms with E-state index in [1.807, 2.05) is 4.90 Å². The summed E-state index contributed by atoms with van der Waals surface area (Å²) in [5, 5.41) is 8.50. The maximum atomic E-state index is 12.5. The van der Waals surface area contributed by atoms with E-state index in [4.69, 9.17) is 18.6 Å². The molecule has 1 fully saturated rings. The molecule has 0 bridgehead atoms. The van der Waals surface area contributed by atoms with Crippen molar-refractivity contribution >= 4 is 17.7 Å². The molecule has 2 heterocycles. The molecule has 158 valence electrons. The Bertz CT molecular complexity index is 821. The molecule has 9 heteroatoms. The standard InChI is InChI=1S/C20H27N3O5S/c1-12-6-13(2)10-23(9-12)17(24)11-29-20-22-21-19(28-20)14-7-15(25-3)18(27-5)16(8-14)26-4/h7-8,12-13H,6,9-11H2,1-5H3/t12-,13-/m0/s1. The summed E-state index contributed by atoms with van der Waals surface area (Å²) in [5.74, 6) is 3.24. The van der Waals surface area contributed by atoms with Crippen LogP contribution in [0.4, 0.5) is 0 Å². The van der Waals surface area contributed by atoms with Gasteiger partial charge in [-0.05, 0) is 30.4 Å². The van der Waals surface area contributed by atoms with Gasteiger partial charge >= 0.3 is 0 Å². The van der Waals surface area contributed by atoms with Crippen LogP contribution in [0.25, 0.3) is 11.5 Å². The van der Waals surface area contributed by atoms with Crippen LogP contribution >= 0.6 is 11.8 Å². The minimum Gasteiger partial charge on any atom is -0.493 e. The molecular formula is C20H27N3O5S. The highest BCUT2D eigenvalue weighted by Crippen LogP contribution is 2.41. The summed E-state index contributed by atoms with van der Waals surface area (Å²) in [6.45, 7) is 5.99.